The molecule has 1 rings (SSSR count). The summed E-state index contributed by atoms with van der Waals surface area (Å²) in [5, 5.41) is 0. The maximum absolute atomic E-state index is 5.83. The molecule has 78 valence electrons. The van der Waals surface area contributed by atoms with Gasteiger partial charge in [-0.1, -0.05) is 12.1 Å². The number of hydrogen-bond acceptors (Lipinski definition) is 2. The molecule has 0 saturated carbocycles. The highest BCUT2D eigenvalue weighted by molar-refractivity contribution is 5.46. The largest absolute Gasteiger partial charge is 0.493 e. The molecule has 0 atom stereocenters. The van der Waals surface area contributed by atoms with E-state index in [1.807, 2.05) is 45.9 Å². The van der Waals surface area contributed by atoms with Crippen molar-refractivity contribution >= 4 is 0 Å². The van der Waals surface area contributed by atoms with E-state index >= 15 is 0 Å². The van der Waals surface area contributed by atoms with E-state index in [4.69, 9.17) is 9.47 Å². The topological polar surface area (TPSA) is 18.5 Å². The van der Waals surface area contributed by atoms with Gasteiger partial charge in [-0.2, -0.15) is 0 Å². The van der Waals surface area contributed by atoms with Crippen molar-refractivity contribution in [3.8, 4) is 11.5 Å². The molecule has 1 aromatic rings. The van der Waals surface area contributed by atoms with Crippen molar-refractivity contribution in [2.24, 2.45) is 0 Å². The Balaban J connectivity index is 3.05. The average Bonchev–Trinajstić information content (AvgIpc) is 2.06. The maximum atomic E-state index is 5.83. The van der Waals surface area contributed by atoms with Gasteiger partial charge in [-0.15, -0.1) is 0 Å². The normalized spacial score (nSPS) is 11.2. The van der Waals surface area contributed by atoms with Gasteiger partial charge in [0.15, 0.2) is 11.5 Å². The van der Waals surface area contributed by atoms with Gasteiger partial charge in [0.25, 0.3) is 0 Å². The number of para-hydroxylation sites is 1. The summed E-state index contributed by atoms with van der Waals surface area (Å²) in [6, 6.07) is 5.89. The number of benzene rings is 1. The highest BCUT2D eigenvalue weighted by Crippen LogP contribution is 2.33. The van der Waals surface area contributed by atoms with Crippen LogP contribution in [0.4, 0.5) is 0 Å². The fraction of sp³-hybridized carbons (Fsp3) is 0.500. The Kier molecular flexibility index (Phi) is 3.04. The second kappa shape index (κ2) is 3.91. The molecule has 0 fully saturated rings. The van der Waals surface area contributed by atoms with Gasteiger partial charge >= 0.3 is 0 Å². The summed E-state index contributed by atoms with van der Waals surface area (Å²) in [7, 11) is 1.66. The number of rotatable bonds is 2. The molecule has 0 aliphatic heterocycles. The third-order valence-electron chi connectivity index (χ3n) is 1.80. The first kappa shape index (κ1) is 10.9. The van der Waals surface area contributed by atoms with Gasteiger partial charge in [0.05, 0.1) is 7.11 Å². The third-order valence-corrected chi connectivity index (χ3v) is 1.80. The van der Waals surface area contributed by atoms with E-state index in [-0.39, 0.29) is 5.60 Å². The average molecular weight is 194 g/mol. The fourth-order valence-electron chi connectivity index (χ4n) is 1.22. The molecule has 2 heteroatoms. The molecular formula is C12H18O2. The van der Waals surface area contributed by atoms with Crippen LogP contribution >= 0.6 is 0 Å². The Labute approximate surface area is 85.8 Å². The lowest BCUT2D eigenvalue weighted by Gasteiger charge is -2.24. The molecule has 0 amide bonds. The lowest BCUT2D eigenvalue weighted by Crippen LogP contribution is -2.23. The van der Waals surface area contributed by atoms with E-state index in [1.165, 1.54) is 0 Å². The molecule has 0 unspecified atom stereocenters. The van der Waals surface area contributed by atoms with Crippen molar-refractivity contribution in [2.75, 3.05) is 7.11 Å². The van der Waals surface area contributed by atoms with Gasteiger partial charge in [0, 0.05) is 0 Å². The molecule has 0 spiro atoms. The van der Waals surface area contributed by atoms with Crippen LogP contribution in [0.5, 0.6) is 11.5 Å². The van der Waals surface area contributed by atoms with Crippen LogP contribution in [0.15, 0.2) is 18.2 Å². The number of ether oxygens (including phenoxy) is 2. The van der Waals surface area contributed by atoms with Crippen LogP contribution in [-0.2, 0) is 0 Å². The summed E-state index contributed by atoms with van der Waals surface area (Å²) in [6.07, 6.45) is 0. The molecule has 0 aromatic heterocycles. The third kappa shape index (κ3) is 2.66. The molecule has 0 heterocycles. The summed E-state index contributed by atoms with van der Waals surface area (Å²) >= 11 is 0. The van der Waals surface area contributed by atoms with Gasteiger partial charge in [-0.3, -0.25) is 0 Å². The molecule has 0 bridgehead atoms. The Morgan fingerprint density at radius 1 is 1.14 bits per heavy atom. The lowest BCUT2D eigenvalue weighted by molar-refractivity contribution is 0.124. The van der Waals surface area contributed by atoms with Crippen molar-refractivity contribution in [3.05, 3.63) is 23.8 Å². The molecule has 0 radical (unpaired) electrons. The minimum Gasteiger partial charge on any atom is -0.493 e. The highest BCUT2D eigenvalue weighted by Gasteiger charge is 2.16. The Hall–Kier alpha value is -1.18. The molecule has 0 aliphatic carbocycles. The van der Waals surface area contributed by atoms with Gasteiger partial charge in [-0.25, -0.2) is 0 Å². The van der Waals surface area contributed by atoms with E-state index in [0.717, 1.165) is 17.1 Å². The van der Waals surface area contributed by atoms with Crippen molar-refractivity contribution in [1.29, 1.82) is 0 Å². The molecule has 1 aromatic carbocycles. The van der Waals surface area contributed by atoms with Crippen LogP contribution in [0, 0.1) is 6.92 Å². The number of methoxy groups -OCH3 is 1. The van der Waals surface area contributed by atoms with Crippen molar-refractivity contribution < 1.29 is 9.47 Å². The minimum absolute atomic E-state index is 0.195. The summed E-state index contributed by atoms with van der Waals surface area (Å²) in [5.74, 6) is 1.63. The second-order valence-electron chi connectivity index (χ2n) is 4.32. The van der Waals surface area contributed by atoms with Crippen LogP contribution in [-0.4, -0.2) is 12.7 Å². The first-order valence-electron chi connectivity index (χ1n) is 4.76. The Morgan fingerprint density at radius 3 is 2.29 bits per heavy atom. The van der Waals surface area contributed by atoms with Crippen molar-refractivity contribution in [2.45, 2.75) is 33.3 Å². The van der Waals surface area contributed by atoms with E-state index in [2.05, 4.69) is 0 Å². The van der Waals surface area contributed by atoms with E-state index in [0.29, 0.717) is 0 Å². The monoisotopic (exact) mass is 194 g/mol. The first-order chi connectivity index (χ1) is 6.44. The molecule has 0 N–H and O–H groups in total. The van der Waals surface area contributed by atoms with Gasteiger partial charge in [0.2, 0.25) is 0 Å². The Bertz CT molecular complexity index is 311. The number of aryl methyl sites for hydroxylation is 1. The first-order valence-corrected chi connectivity index (χ1v) is 4.76. The standard InChI is InChI=1S/C12H18O2/c1-9-7-6-8-10(13-5)11(9)14-12(2,3)4/h6-8H,1-5H3. The fourth-order valence-corrected chi connectivity index (χ4v) is 1.22. The number of hydrogen-bond donors (Lipinski definition) is 0. The smallest absolute Gasteiger partial charge is 0.164 e. The maximum Gasteiger partial charge on any atom is 0.164 e. The van der Waals surface area contributed by atoms with Crippen molar-refractivity contribution in [1.82, 2.24) is 0 Å². The predicted molar refractivity (Wildman–Crippen MR) is 58.1 cm³/mol. The molecule has 0 saturated heterocycles. The minimum atomic E-state index is -0.195. The molecular weight excluding hydrogens is 176 g/mol. The van der Waals surface area contributed by atoms with Crippen LogP contribution in [0.1, 0.15) is 26.3 Å². The summed E-state index contributed by atoms with van der Waals surface area (Å²) in [6.45, 7) is 8.10. The van der Waals surface area contributed by atoms with Gasteiger partial charge < -0.3 is 9.47 Å². The van der Waals surface area contributed by atoms with E-state index in [1.54, 1.807) is 7.11 Å². The molecule has 2 nitrogen and oxygen atoms in total. The Morgan fingerprint density at radius 2 is 1.79 bits per heavy atom. The lowest BCUT2D eigenvalue weighted by atomic mass is 10.1. The highest BCUT2D eigenvalue weighted by atomic mass is 16.5. The van der Waals surface area contributed by atoms with E-state index in [9.17, 15) is 0 Å². The van der Waals surface area contributed by atoms with E-state index < -0.39 is 0 Å². The molecule has 0 aliphatic rings. The quantitative estimate of drug-likeness (QED) is 0.720. The molecule has 14 heavy (non-hydrogen) atoms. The van der Waals surface area contributed by atoms with Crippen LogP contribution in [0.3, 0.4) is 0 Å². The predicted octanol–water partition coefficient (Wildman–Crippen LogP) is 3.18. The summed E-state index contributed by atoms with van der Waals surface area (Å²) in [4.78, 5) is 0. The van der Waals surface area contributed by atoms with Crippen LogP contribution < -0.4 is 9.47 Å². The zero-order valence-electron chi connectivity index (χ0n) is 9.55. The summed E-state index contributed by atoms with van der Waals surface area (Å²) < 4.78 is 11.1. The SMILES string of the molecule is COc1cccc(C)c1OC(C)(C)C. The van der Waals surface area contributed by atoms with Crippen LogP contribution in [0.25, 0.3) is 0 Å². The van der Waals surface area contributed by atoms with Crippen molar-refractivity contribution in [3.63, 3.8) is 0 Å². The zero-order valence-corrected chi connectivity index (χ0v) is 9.55. The zero-order chi connectivity index (χ0) is 10.8. The second-order valence-corrected chi connectivity index (χ2v) is 4.32. The summed E-state index contributed by atoms with van der Waals surface area (Å²) in [5.41, 5.74) is 0.902. The van der Waals surface area contributed by atoms with Gasteiger partial charge in [-0.05, 0) is 39.3 Å². The van der Waals surface area contributed by atoms with Gasteiger partial charge in [0.1, 0.15) is 5.60 Å². The van der Waals surface area contributed by atoms with Crippen LogP contribution in [0.2, 0.25) is 0 Å².